The Kier molecular flexibility index (Phi) is 4.30. The predicted octanol–water partition coefficient (Wildman–Crippen LogP) is 4.31. The molecule has 0 aliphatic rings. The van der Waals surface area contributed by atoms with Gasteiger partial charge in [-0.1, -0.05) is 33.6 Å². The Labute approximate surface area is 142 Å². The van der Waals surface area contributed by atoms with Gasteiger partial charge < -0.3 is 4.98 Å². The molecule has 0 unspecified atom stereocenters. The minimum atomic E-state index is -0.209. The van der Waals surface area contributed by atoms with E-state index in [-0.39, 0.29) is 5.91 Å². The average molecular weight is 370 g/mol. The molecule has 0 aliphatic heterocycles. The topological polar surface area (TPSA) is 57.2 Å². The highest BCUT2D eigenvalue weighted by molar-refractivity contribution is 9.10. The van der Waals surface area contributed by atoms with Crippen molar-refractivity contribution < 1.29 is 4.79 Å². The van der Waals surface area contributed by atoms with E-state index in [2.05, 4.69) is 31.4 Å². The molecule has 0 radical (unpaired) electrons. The lowest BCUT2D eigenvalue weighted by Crippen LogP contribution is -2.18. The maximum Gasteiger partial charge on any atom is 0.271 e. The van der Waals surface area contributed by atoms with E-state index in [1.54, 1.807) is 6.21 Å². The number of aryl methyl sites for hydroxylation is 2. The summed E-state index contributed by atoms with van der Waals surface area (Å²) in [5.41, 5.74) is 7.23. The number of H-pyrrole nitrogens is 1. The lowest BCUT2D eigenvalue weighted by molar-refractivity contribution is 0.0954. The van der Waals surface area contributed by atoms with Crippen LogP contribution in [0.3, 0.4) is 0 Å². The van der Waals surface area contributed by atoms with Gasteiger partial charge in [-0.2, -0.15) is 5.10 Å². The van der Waals surface area contributed by atoms with Gasteiger partial charge in [0.15, 0.2) is 0 Å². The zero-order chi connectivity index (χ0) is 16.4. The van der Waals surface area contributed by atoms with Crippen molar-refractivity contribution in [3.63, 3.8) is 0 Å². The second-order valence-electron chi connectivity index (χ2n) is 5.45. The Bertz CT molecular complexity index is 912. The first kappa shape index (κ1) is 15.5. The molecule has 0 fully saturated rings. The van der Waals surface area contributed by atoms with Crippen molar-refractivity contribution in [2.24, 2.45) is 5.10 Å². The summed E-state index contributed by atoms with van der Waals surface area (Å²) in [7, 11) is 0. The summed E-state index contributed by atoms with van der Waals surface area (Å²) in [5, 5.41) is 5.12. The van der Waals surface area contributed by atoms with Crippen LogP contribution in [0.4, 0.5) is 0 Å². The summed E-state index contributed by atoms with van der Waals surface area (Å²) in [6, 6.07) is 11.7. The summed E-state index contributed by atoms with van der Waals surface area (Å²) in [4.78, 5) is 15.4. The van der Waals surface area contributed by atoms with Crippen molar-refractivity contribution in [3.8, 4) is 0 Å². The van der Waals surface area contributed by atoms with Crippen LogP contribution >= 0.6 is 15.9 Å². The highest BCUT2D eigenvalue weighted by Crippen LogP contribution is 2.21. The molecular formula is C18H16BrN3O. The van der Waals surface area contributed by atoms with Crippen molar-refractivity contribution in [1.29, 1.82) is 0 Å². The van der Waals surface area contributed by atoms with E-state index in [1.807, 2.05) is 56.4 Å². The monoisotopic (exact) mass is 369 g/mol. The van der Waals surface area contributed by atoms with Gasteiger partial charge in [0.2, 0.25) is 0 Å². The SMILES string of the molecule is Cc1ccc(C(=O)N/N=C/c2c[nH]c3ccc(Br)cc23)c(C)c1. The van der Waals surface area contributed by atoms with Crippen LogP contribution in [0.1, 0.15) is 27.0 Å². The Morgan fingerprint density at radius 3 is 2.83 bits per heavy atom. The molecular weight excluding hydrogens is 354 g/mol. The van der Waals surface area contributed by atoms with Gasteiger partial charge in [0.1, 0.15) is 0 Å². The highest BCUT2D eigenvalue weighted by atomic mass is 79.9. The summed E-state index contributed by atoms with van der Waals surface area (Å²) in [6.07, 6.45) is 3.51. The van der Waals surface area contributed by atoms with E-state index in [0.29, 0.717) is 5.56 Å². The fourth-order valence-electron chi connectivity index (χ4n) is 2.51. The van der Waals surface area contributed by atoms with Crippen LogP contribution in [0.5, 0.6) is 0 Å². The van der Waals surface area contributed by atoms with Crippen molar-refractivity contribution in [1.82, 2.24) is 10.4 Å². The number of benzene rings is 2. The molecule has 1 aromatic heterocycles. The molecule has 3 aromatic rings. The molecule has 0 aliphatic carbocycles. The molecule has 2 N–H and O–H groups in total. The van der Waals surface area contributed by atoms with Crippen molar-refractivity contribution in [3.05, 3.63) is 69.3 Å². The number of hydrazone groups is 1. The van der Waals surface area contributed by atoms with Gasteiger partial charge in [0.05, 0.1) is 6.21 Å². The number of fused-ring (bicyclic) bond motifs is 1. The van der Waals surface area contributed by atoms with Crippen molar-refractivity contribution in [2.75, 3.05) is 0 Å². The number of hydrogen-bond donors (Lipinski definition) is 2. The third-order valence-electron chi connectivity index (χ3n) is 3.67. The molecule has 116 valence electrons. The zero-order valence-electron chi connectivity index (χ0n) is 12.9. The highest BCUT2D eigenvalue weighted by Gasteiger charge is 2.08. The molecule has 5 heteroatoms. The maximum atomic E-state index is 12.2. The molecule has 0 saturated heterocycles. The molecule has 0 bridgehead atoms. The van der Waals surface area contributed by atoms with E-state index < -0.39 is 0 Å². The van der Waals surface area contributed by atoms with Crippen molar-refractivity contribution >= 4 is 39.0 Å². The van der Waals surface area contributed by atoms with E-state index in [9.17, 15) is 4.79 Å². The summed E-state index contributed by atoms with van der Waals surface area (Å²) < 4.78 is 0.999. The summed E-state index contributed by atoms with van der Waals surface area (Å²) >= 11 is 3.46. The number of halogens is 1. The number of nitrogens with zero attached hydrogens (tertiary/aromatic N) is 1. The minimum absolute atomic E-state index is 0.209. The van der Waals surface area contributed by atoms with Crippen LogP contribution in [-0.2, 0) is 0 Å². The molecule has 0 spiro atoms. The van der Waals surface area contributed by atoms with Crippen LogP contribution < -0.4 is 5.43 Å². The first-order valence-corrected chi connectivity index (χ1v) is 8.01. The maximum absolute atomic E-state index is 12.2. The molecule has 2 aromatic carbocycles. The first-order chi connectivity index (χ1) is 11.0. The lowest BCUT2D eigenvalue weighted by atomic mass is 10.1. The summed E-state index contributed by atoms with van der Waals surface area (Å²) in [6.45, 7) is 3.92. The Hall–Kier alpha value is -2.40. The van der Waals surface area contributed by atoms with Gasteiger partial charge in [0.25, 0.3) is 5.91 Å². The van der Waals surface area contributed by atoms with Crippen LogP contribution in [0.25, 0.3) is 10.9 Å². The van der Waals surface area contributed by atoms with Crippen LogP contribution in [-0.4, -0.2) is 17.1 Å². The number of hydrogen-bond acceptors (Lipinski definition) is 2. The molecule has 23 heavy (non-hydrogen) atoms. The second kappa shape index (κ2) is 6.38. The van der Waals surface area contributed by atoms with E-state index in [0.717, 1.165) is 32.1 Å². The number of carbonyl (C=O) groups is 1. The number of aromatic nitrogens is 1. The number of nitrogens with one attached hydrogen (secondary N) is 2. The van der Waals surface area contributed by atoms with Crippen molar-refractivity contribution in [2.45, 2.75) is 13.8 Å². The standard InChI is InChI=1S/C18H16BrN3O/c1-11-3-5-15(12(2)7-11)18(23)22-21-10-13-9-20-17-6-4-14(19)8-16(13)17/h3-10,20H,1-2H3,(H,22,23)/b21-10+. The van der Waals surface area contributed by atoms with Gasteiger partial charge in [-0.25, -0.2) is 5.43 Å². The van der Waals surface area contributed by atoms with Crippen LogP contribution in [0, 0.1) is 13.8 Å². The lowest BCUT2D eigenvalue weighted by Gasteiger charge is -2.04. The number of rotatable bonds is 3. The minimum Gasteiger partial charge on any atom is -0.361 e. The number of amides is 1. The zero-order valence-corrected chi connectivity index (χ0v) is 14.4. The quantitative estimate of drug-likeness (QED) is 0.524. The van der Waals surface area contributed by atoms with Crippen LogP contribution in [0.15, 0.2) is 52.2 Å². The van der Waals surface area contributed by atoms with Gasteiger partial charge in [-0.15, -0.1) is 0 Å². The molecule has 1 amide bonds. The normalized spacial score (nSPS) is 11.3. The third-order valence-corrected chi connectivity index (χ3v) is 4.17. The fraction of sp³-hybridized carbons (Fsp3) is 0.111. The number of aromatic amines is 1. The Morgan fingerprint density at radius 1 is 1.22 bits per heavy atom. The van der Waals surface area contributed by atoms with Gasteiger partial charge in [-0.05, 0) is 43.7 Å². The Morgan fingerprint density at radius 2 is 2.04 bits per heavy atom. The second-order valence-corrected chi connectivity index (χ2v) is 6.37. The van der Waals surface area contributed by atoms with E-state index in [1.165, 1.54) is 0 Å². The smallest absolute Gasteiger partial charge is 0.271 e. The third kappa shape index (κ3) is 3.35. The van der Waals surface area contributed by atoms with Gasteiger partial charge in [-0.3, -0.25) is 4.79 Å². The predicted molar refractivity (Wildman–Crippen MR) is 97.0 cm³/mol. The molecule has 3 rings (SSSR count). The molecule has 0 saturated carbocycles. The van der Waals surface area contributed by atoms with E-state index >= 15 is 0 Å². The van der Waals surface area contributed by atoms with Gasteiger partial charge >= 0.3 is 0 Å². The molecule has 4 nitrogen and oxygen atoms in total. The number of carbonyl (C=O) groups excluding carboxylic acids is 1. The largest absolute Gasteiger partial charge is 0.361 e. The average Bonchev–Trinajstić information content (AvgIpc) is 2.89. The molecule has 0 atom stereocenters. The molecule has 1 heterocycles. The Balaban J connectivity index is 1.77. The van der Waals surface area contributed by atoms with Crippen LogP contribution in [0.2, 0.25) is 0 Å². The van der Waals surface area contributed by atoms with E-state index in [4.69, 9.17) is 0 Å². The first-order valence-electron chi connectivity index (χ1n) is 7.22. The summed E-state index contributed by atoms with van der Waals surface area (Å²) in [5.74, 6) is -0.209. The van der Waals surface area contributed by atoms with Gasteiger partial charge in [0, 0.05) is 32.7 Å². The fourth-order valence-corrected chi connectivity index (χ4v) is 2.87.